The van der Waals surface area contributed by atoms with Crippen LogP contribution in [0.15, 0.2) is 48.7 Å². The summed E-state index contributed by atoms with van der Waals surface area (Å²) >= 11 is 6.70. The molecule has 1 fully saturated rings. The molecule has 5 rings (SSSR count). The van der Waals surface area contributed by atoms with Crippen LogP contribution in [0.2, 0.25) is 5.02 Å². The highest BCUT2D eigenvalue weighted by Gasteiger charge is 2.26. The van der Waals surface area contributed by atoms with Gasteiger partial charge in [-0.2, -0.15) is 5.10 Å². The molecule has 0 saturated carbocycles. The van der Waals surface area contributed by atoms with Crippen LogP contribution in [0.3, 0.4) is 0 Å². The van der Waals surface area contributed by atoms with Gasteiger partial charge in [0.15, 0.2) is 17.7 Å². The third kappa shape index (κ3) is 3.99. The Morgan fingerprint density at radius 1 is 1.21 bits per heavy atom. The Balaban J connectivity index is 1.73. The SMILES string of the molecule is CCOC(=O)c1nc(-c2ccccc2)nc(-c2c(Cl)ccc3c2cnn3C2CCCCO2)c1N. The minimum absolute atomic E-state index is 0.00165. The zero-order chi connectivity index (χ0) is 23.7. The van der Waals surface area contributed by atoms with Crippen molar-refractivity contribution in [3.05, 3.63) is 59.4 Å². The average molecular weight is 478 g/mol. The summed E-state index contributed by atoms with van der Waals surface area (Å²) in [5.74, 6) is -0.264. The van der Waals surface area contributed by atoms with Gasteiger partial charge in [-0.05, 0) is 38.3 Å². The number of anilines is 1. The van der Waals surface area contributed by atoms with E-state index in [0.717, 1.165) is 35.7 Å². The standard InChI is InChI=1S/C25H24ClN5O3/c1-2-33-25(32)23-21(27)22(29-24(30-23)15-8-4-3-5-9-15)20-16-14-28-31(18(16)12-11-17(20)26)19-10-6-7-13-34-19/h3-5,8-9,11-12,14,19H,2,6-7,10,13,27H2,1H3. The fourth-order valence-electron chi connectivity index (χ4n) is 4.21. The van der Waals surface area contributed by atoms with Crippen molar-refractivity contribution in [1.29, 1.82) is 0 Å². The highest BCUT2D eigenvalue weighted by atomic mass is 35.5. The van der Waals surface area contributed by atoms with E-state index in [1.165, 1.54) is 0 Å². The van der Waals surface area contributed by atoms with Crippen molar-refractivity contribution in [3.63, 3.8) is 0 Å². The molecule has 0 amide bonds. The first-order valence-electron chi connectivity index (χ1n) is 11.3. The van der Waals surface area contributed by atoms with Gasteiger partial charge >= 0.3 is 5.97 Å². The Kier molecular flexibility index (Phi) is 6.17. The zero-order valence-corrected chi connectivity index (χ0v) is 19.5. The van der Waals surface area contributed by atoms with Gasteiger partial charge in [-0.15, -0.1) is 0 Å². The van der Waals surface area contributed by atoms with Crippen LogP contribution in [-0.2, 0) is 9.47 Å². The van der Waals surface area contributed by atoms with Crippen molar-refractivity contribution in [1.82, 2.24) is 19.7 Å². The van der Waals surface area contributed by atoms with Crippen LogP contribution in [0.4, 0.5) is 5.69 Å². The maximum Gasteiger partial charge on any atom is 0.359 e. The van der Waals surface area contributed by atoms with Gasteiger partial charge in [0.2, 0.25) is 0 Å². The molecule has 0 radical (unpaired) electrons. The van der Waals surface area contributed by atoms with E-state index >= 15 is 0 Å². The molecule has 3 heterocycles. The van der Waals surface area contributed by atoms with Crippen LogP contribution < -0.4 is 5.73 Å². The van der Waals surface area contributed by atoms with Gasteiger partial charge in [-0.1, -0.05) is 41.9 Å². The third-order valence-corrected chi connectivity index (χ3v) is 6.16. The molecule has 1 saturated heterocycles. The van der Waals surface area contributed by atoms with E-state index in [0.29, 0.717) is 28.7 Å². The molecule has 2 N–H and O–H groups in total. The second-order valence-electron chi connectivity index (χ2n) is 8.01. The van der Waals surface area contributed by atoms with Gasteiger partial charge in [-0.25, -0.2) is 19.4 Å². The van der Waals surface area contributed by atoms with E-state index in [9.17, 15) is 4.79 Å². The number of hydrogen-bond acceptors (Lipinski definition) is 7. The van der Waals surface area contributed by atoms with E-state index < -0.39 is 5.97 Å². The molecule has 8 nitrogen and oxygen atoms in total. The monoisotopic (exact) mass is 477 g/mol. The highest BCUT2D eigenvalue weighted by molar-refractivity contribution is 6.35. The number of carbonyl (C=O) groups is 1. The number of ether oxygens (including phenoxy) is 2. The number of rotatable bonds is 5. The van der Waals surface area contributed by atoms with Gasteiger partial charge in [0.25, 0.3) is 0 Å². The second-order valence-corrected chi connectivity index (χ2v) is 8.42. The fraction of sp³-hybridized carbons (Fsp3) is 0.280. The number of fused-ring (bicyclic) bond motifs is 1. The van der Waals surface area contributed by atoms with Crippen molar-refractivity contribution in [3.8, 4) is 22.6 Å². The second kappa shape index (κ2) is 9.40. The maximum atomic E-state index is 12.7. The Morgan fingerprint density at radius 2 is 2.03 bits per heavy atom. The van der Waals surface area contributed by atoms with Crippen LogP contribution in [0.1, 0.15) is 42.9 Å². The molecular weight excluding hydrogens is 454 g/mol. The van der Waals surface area contributed by atoms with Gasteiger partial charge in [0, 0.05) is 23.1 Å². The first kappa shape index (κ1) is 22.3. The predicted octanol–water partition coefficient (Wildman–Crippen LogP) is 5.27. The number of carbonyl (C=O) groups excluding carboxylic acids is 1. The molecule has 34 heavy (non-hydrogen) atoms. The summed E-state index contributed by atoms with van der Waals surface area (Å²) in [5.41, 5.74) is 9.11. The number of hydrogen-bond donors (Lipinski definition) is 1. The van der Waals surface area contributed by atoms with Crippen LogP contribution in [0.25, 0.3) is 33.5 Å². The number of benzene rings is 2. The summed E-state index contributed by atoms with van der Waals surface area (Å²) in [7, 11) is 0. The fourth-order valence-corrected chi connectivity index (χ4v) is 4.47. The quantitative estimate of drug-likeness (QED) is 0.390. The van der Waals surface area contributed by atoms with E-state index in [1.54, 1.807) is 19.2 Å². The summed E-state index contributed by atoms with van der Waals surface area (Å²) in [5, 5.41) is 5.81. The molecule has 4 aromatic rings. The zero-order valence-electron chi connectivity index (χ0n) is 18.7. The largest absolute Gasteiger partial charge is 0.461 e. The molecule has 1 aliphatic heterocycles. The van der Waals surface area contributed by atoms with Gasteiger partial charge in [-0.3, -0.25) is 0 Å². The molecule has 1 atom stereocenters. The van der Waals surface area contributed by atoms with E-state index in [-0.39, 0.29) is 24.2 Å². The van der Waals surface area contributed by atoms with Crippen LogP contribution >= 0.6 is 11.6 Å². The van der Waals surface area contributed by atoms with Crippen LogP contribution in [0, 0.1) is 0 Å². The normalized spacial score (nSPS) is 16.0. The molecule has 1 unspecified atom stereocenters. The third-order valence-electron chi connectivity index (χ3n) is 5.84. The Labute approximate surface area is 201 Å². The summed E-state index contributed by atoms with van der Waals surface area (Å²) in [6.45, 7) is 2.63. The summed E-state index contributed by atoms with van der Waals surface area (Å²) in [6.07, 6.45) is 4.60. The first-order valence-corrected chi connectivity index (χ1v) is 11.6. The minimum atomic E-state index is -0.615. The summed E-state index contributed by atoms with van der Waals surface area (Å²) < 4.78 is 13.0. The summed E-state index contributed by atoms with van der Waals surface area (Å²) in [6, 6.07) is 13.1. The number of nitrogens with zero attached hydrogens (tertiary/aromatic N) is 4. The molecule has 1 aliphatic rings. The molecular formula is C25H24ClN5O3. The van der Waals surface area contributed by atoms with E-state index in [1.807, 2.05) is 41.1 Å². The minimum Gasteiger partial charge on any atom is -0.461 e. The number of halogens is 1. The highest BCUT2D eigenvalue weighted by Crippen LogP contribution is 2.40. The van der Waals surface area contributed by atoms with Crippen molar-refractivity contribution in [2.75, 3.05) is 18.9 Å². The Bertz CT molecular complexity index is 1350. The molecule has 0 bridgehead atoms. The number of nitrogen functional groups attached to an aromatic ring is 1. The average Bonchev–Trinajstić information content (AvgIpc) is 3.30. The smallest absolute Gasteiger partial charge is 0.359 e. The van der Waals surface area contributed by atoms with Crippen molar-refractivity contribution in [2.45, 2.75) is 32.4 Å². The lowest BCUT2D eigenvalue weighted by Crippen LogP contribution is -2.18. The molecule has 9 heteroatoms. The van der Waals surface area contributed by atoms with Crippen molar-refractivity contribution < 1.29 is 14.3 Å². The van der Waals surface area contributed by atoms with Gasteiger partial charge < -0.3 is 15.2 Å². The van der Waals surface area contributed by atoms with E-state index in [4.69, 9.17) is 31.8 Å². The molecule has 174 valence electrons. The predicted molar refractivity (Wildman–Crippen MR) is 130 cm³/mol. The lowest BCUT2D eigenvalue weighted by Gasteiger charge is -2.23. The Morgan fingerprint density at radius 3 is 2.76 bits per heavy atom. The van der Waals surface area contributed by atoms with Crippen LogP contribution in [0.5, 0.6) is 0 Å². The first-order chi connectivity index (χ1) is 16.6. The molecule has 2 aromatic heterocycles. The van der Waals surface area contributed by atoms with Crippen LogP contribution in [-0.4, -0.2) is 38.9 Å². The molecule has 0 spiro atoms. The number of aromatic nitrogens is 4. The maximum absolute atomic E-state index is 12.7. The van der Waals surface area contributed by atoms with Crippen molar-refractivity contribution >= 4 is 34.2 Å². The molecule has 2 aromatic carbocycles. The van der Waals surface area contributed by atoms with Gasteiger partial charge in [0.1, 0.15) is 5.69 Å². The van der Waals surface area contributed by atoms with Gasteiger partial charge in [0.05, 0.1) is 29.0 Å². The lowest BCUT2D eigenvalue weighted by atomic mass is 10.0. The van der Waals surface area contributed by atoms with E-state index in [2.05, 4.69) is 10.1 Å². The number of nitrogens with two attached hydrogens (primary N) is 1. The van der Waals surface area contributed by atoms with Crippen molar-refractivity contribution in [2.24, 2.45) is 0 Å². The lowest BCUT2D eigenvalue weighted by molar-refractivity contribution is -0.0366. The Hall–Kier alpha value is -3.49. The molecule has 0 aliphatic carbocycles. The number of esters is 1. The summed E-state index contributed by atoms with van der Waals surface area (Å²) in [4.78, 5) is 21.9. The topological polar surface area (TPSA) is 105 Å².